The number of rotatable bonds is 44. The summed E-state index contributed by atoms with van der Waals surface area (Å²) < 4.78 is 58.1. The normalized spacial score (nSPS) is 11.4. The van der Waals surface area contributed by atoms with Gasteiger partial charge in [-0.15, -0.1) is 0 Å². The number of hydrogen-bond acceptors (Lipinski definition) is 15. The first kappa shape index (κ1) is 67.7. The summed E-state index contributed by atoms with van der Waals surface area (Å²) in [6, 6.07) is 50.0. The van der Waals surface area contributed by atoms with E-state index in [-0.39, 0.29) is 0 Å². The minimum absolute atomic E-state index is 0.580. The molecule has 8 aromatic rings. The molecule has 0 aliphatic rings. The molecule has 0 fully saturated rings. The summed E-state index contributed by atoms with van der Waals surface area (Å²) in [7, 11) is 6.98. The third-order valence-corrected chi connectivity index (χ3v) is 15.0. The van der Waals surface area contributed by atoms with Gasteiger partial charge in [-0.25, -0.2) is 9.13 Å². The van der Waals surface area contributed by atoms with Gasteiger partial charge in [-0.05, 0) is 196 Å². The zero-order valence-electron chi connectivity index (χ0n) is 53.7. The molecule has 0 aliphatic carbocycles. The van der Waals surface area contributed by atoms with Crippen molar-refractivity contribution >= 4 is 34.1 Å². The summed E-state index contributed by atoms with van der Waals surface area (Å²) in [6.45, 7) is 4.48. The monoisotopic (exact) mass is 1240 g/mol. The Morgan fingerprint density at radius 2 is 0.560 bits per heavy atom. The molecule has 0 unspecified atom stereocenters. The minimum Gasteiger partial charge on any atom is -0.497 e. The Hall–Kier alpha value is -9.25. The van der Waals surface area contributed by atoms with Gasteiger partial charge in [0.1, 0.15) is 53.4 Å². The highest BCUT2D eigenvalue weighted by molar-refractivity contribution is 5.54. The number of hydrogen-bond donors (Lipinski definition) is 0. The Labute approximate surface area is 538 Å². The molecule has 0 saturated carbocycles. The number of azo groups is 3. The minimum atomic E-state index is 0.580. The van der Waals surface area contributed by atoms with Gasteiger partial charge in [-0.3, -0.25) is 0 Å². The first-order valence-corrected chi connectivity index (χ1v) is 32.3. The molecule has 0 radical (unpaired) electrons. The Morgan fingerprint density at radius 1 is 0.308 bits per heavy atom. The molecular weight excluding hydrogens is 1140 g/mol. The Morgan fingerprint density at radius 3 is 0.824 bits per heavy atom. The van der Waals surface area contributed by atoms with E-state index in [9.17, 15) is 0 Å². The summed E-state index contributed by atoms with van der Waals surface area (Å²) >= 11 is 0. The van der Waals surface area contributed by atoms with Crippen LogP contribution in [0.3, 0.4) is 0 Å². The average molecular weight is 1240 g/mol. The number of aryl methyl sites for hydroxylation is 1. The number of nitrogens with zero attached hydrogens (tertiary/aromatic N) is 8. The van der Waals surface area contributed by atoms with Gasteiger partial charge in [-0.2, -0.15) is 30.7 Å². The van der Waals surface area contributed by atoms with Crippen LogP contribution in [0.25, 0.3) is 0 Å². The zero-order valence-corrected chi connectivity index (χ0v) is 53.7. The summed E-state index contributed by atoms with van der Waals surface area (Å²) in [6.07, 6.45) is 25.4. The molecule has 7 aromatic carbocycles. The van der Waals surface area contributed by atoms with Crippen molar-refractivity contribution in [1.29, 1.82) is 0 Å². The van der Waals surface area contributed by atoms with E-state index < -0.39 is 0 Å². The zero-order chi connectivity index (χ0) is 63.2. The third kappa shape index (κ3) is 25.6. The van der Waals surface area contributed by atoms with Crippen LogP contribution in [-0.4, -0.2) is 65.5 Å². The molecule has 480 valence electrons. The van der Waals surface area contributed by atoms with Crippen molar-refractivity contribution in [1.82, 2.24) is 4.57 Å². The van der Waals surface area contributed by atoms with Crippen molar-refractivity contribution in [2.75, 3.05) is 61.0 Å². The second kappa shape index (κ2) is 39.7. The molecule has 0 atom stereocenters. The van der Waals surface area contributed by atoms with Crippen molar-refractivity contribution < 1.29 is 47.2 Å². The molecular formula is C74H91N8O9+. The number of imidazole rings is 1. The highest BCUT2D eigenvalue weighted by Crippen LogP contribution is 2.40. The van der Waals surface area contributed by atoms with Crippen LogP contribution in [0.15, 0.2) is 207 Å². The van der Waals surface area contributed by atoms with Crippen LogP contribution in [0.5, 0.6) is 51.7 Å². The highest BCUT2D eigenvalue weighted by atomic mass is 16.5. The van der Waals surface area contributed by atoms with E-state index in [1.165, 1.54) is 0 Å². The molecule has 0 N–H and O–H groups in total. The molecule has 8 rings (SSSR count). The molecule has 0 bridgehead atoms. The maximum absolute atomic E-state index is 6.69. The molecule has 91 heavy (non-hydrogen) atoms. The van der Waals surface area contributed by atoms with Crippen molar-refractivity contribution in [3.8, 4) is 51.7 Å². The van der Waals surface area contributed by atoms with Crippen LogP contribution in [0.2, 0.25) is 0 Å². The van der Waals surface area contributed by atoms with Crippen LogP contribution in [0.1, 0.15) is 121 Å². The van der Waals surface area contributed by atoms with Gasteiger partial charge >= 0.3 is 0 Å². The average Bonchev–Trinajstić information content (AvgIpc) is 1.99. The van der Waals surface area contributed by atoms with Crippen LogP contribution < -0.4 is 47.2 Å². The van der Waals surface area contributed by atoms with Crippen LogP contribution >= 0.6 is 0 Å². The molecule has 0 amide bonds. The molecule has 0 aliphatic heterocycles. The van der Waals surface area contributed by atoms with Crippen LogP contribution in [0, 0.1) is 0 Å². The lowest BCUT2D eigenvalue weighted by Gasteiger charge is -2.19. The van der Waals surface area contributed by atoms with Crippen molar-refractivity contribution in [3.05, 3.63) is 182 Å². The lowest BCUT2D eigenvalue weighted by atomic mass is 10.1. The molecule has 1 aromatic heterocycles. The number of aromatic nitrogens is 2. The molecule has 17 nitrogen and oxygen atoms in total. The van der Waals surface area contributed by atoms with Gasteiger partial charge in [0, 0.05) is 5.56 Å². The highest BCUT2D eigenvalue weighted by Gasteiger charge is 2.18. The molecule has 1 heterocycles. The fourth-order valence-corrected chi connectivity index (χ4v) is 9.85. The predicted octanol–water partition coefficient (Wildman–Crippen LogP) is 20.0. The van der Waals surface area contributed by atoms with E-state index in [1.54, 1.807) is 21.3 Å². The second-order valence-electron chi connectivity index (χ2n) is 22.3. The third-order valence-electron chi connectivity index (χ3n) is 15.0. The van der Waals surface area contributed by atoms with Crippen LogP contribution in [0.4, 0.5) is 34.1 Å². The summed E-state index contributed by atoms with van der Waals surface area (Å²) in [5, 5.41) is 26.0. The topological polar surface area (TPSA) is 166 Å². The maximum Gasteiger partial charge on any atom is 0.243 e. The van der Waals surface area contributed by atoms with Gasteiger partial charge in [0.2, 0.25) is 12.1 Å². The first-order chi connectivity index (χ1) is 44.9. The van der Waals surface area contributed by atoms with Gasteiger partial charge in [0.15, 0.2) is 11.5 Å². The van der Waals surface area contributed by atoms with Crippen molar-refractivity contribution in [3.63, 3.8) is 0 Å². The second-order valence-corrected chi connectivity index (χ2v) is 22.3. The van der Waals surface area contributed by atoms with E-state index in [1.807, 2.05) is 153 Å². The lowest BCUT2D eigenvalue weighted by Crippen LogP contribution is -2.23. The van der Waals surface area contributed by atoms with E-state index in [0.29, 0.717) is 51.9 Å². The SMILES string of the molecule is COc1ccc(N=Nc2ccc(OCCCCCCCCOc3cc(Cn4cc[n+](C)c4)cc(OCCCCCCCCOc4ccc(N=Nc5ccc(OC)cc5)cc4)c3OCCCCCCCCOc3ccc(N=Nc4ccc(OC)cc4)cc3)cc2)cc1. The smallest absolute Gasteiger partial charge is 0.243 e. The van der Waals surface area contributed by atoms with Gasteiger partial charge in [0.25, 0.3) is 0 Å². The molecule has 0 spiro atoms. The van der Waals surface area contributed by atoms with Gasteiger partial charge in [0.05, 0.1) is 102 Å². The number of benzene rings is 7. The first-order valence-electron chi connectivity index (χ1n) is 32.3. The number of ether oxygens (including phenoxy) is 9. The lowest BCUT2D eigenvalue weighted by molar-refractivity contribution is -0.671. The largest absolute Gasteiger partial charge is 0.497 e. The van der Waals surface area contributed by atoms with Crippen molar-refractivity contribution in [2.24, 2.45) is 37.7 Å². The predicted molar refractivity (Wildman–Crippen MR) is 358 cm³/mol. The van der Waals surface area contributed by atoms with Gasteiger partial charge in [-0.1, -0.05) is 77.0 Å². The quantitative estimate of drug-likeness (QED) is 0.0205. The fourth-order valence-electron chi connectivity index (χ4n) is 9.85. The fraction of sp³-hybridized carbons (Fsp3) is 0.392. The molecule has 0 saturated heterocycles. The van der Waals surface area contributed by atoms with E-state index in [4.69, 9.17) is 42.6 Å². The van der Waals surface area contributed by atoms with E-state index in [2.05, 4.69) is 70.7 Å². The molecule has 17 heteroatoms. The van der Waals surface area contributed by atoms with Crippen LogP contribution in [-0.2, 0) is 13.6 Å². The number of methoxy groups -OCH3 is 3. The van der Waals surface area contributed by atoms with E-state index in [0.717, 1.165) is 201 Å². The summed E-state index contributed by atoms with van der Waals surface area (Å²) in [5.74, 6) is 7.06. The maximum atomic E-state index is 6.69. The summed E-state index contributed by atoms with van der Waals surface area (Å²) in [4.78, 5) is 0. The number of unbranched alkanes of at least 4 members (excludes halogenated alkanes) is 15. The Kier molecular flexibility index (Phi) is 29.5. The Balaban J connectivity index is 0.758. The van der Waals surface area contributed by atoms with Crippen molar-refractivity contribution in [2.45, 2.75) is 122 Å². The van der Waals surface area contributed by atoms with Gasteiger partial charge < -0.3 is 42.6 Å². The standard InChI is InChI=1S/C74H91N8O9/c1-81-47-48-82(58-81)57-59-55-72(89-52-20-14-8-5-11-17-49-86-69-41-29-63(30-42-69)78-75-60-23-35-66(83-2)36-24-60)74(91-54-22-16-10-7-13-19-51-88-71-45-33-65(34-46-71)80-77-62-27-39-68(85-4)40-28-62)73(56-59)90-53-21-15-9-6-12-18-50-87-70-43-31-64(32-44-70)79-76-61-25-37-67(84-3)38-26-61/h23-48,55-56,58H,5-22,49-54,57H2,1-4H3/q+1. The summed E-state index contributed by atoms with van der Waals surface area (Å²) in [5.41, 5.74) is 5.71. The van der Waals surface area contributed by atoms with E-state index >= 15 is 0 Å². The Bertz CT molecular complexity index is 3230.